The van der Waals surface area contributed by atoms with Crippen molar-refractivity contribution in [2.24, 2.45) is 0 Å². The fraction of sp³-hybridized carbons (Fsp3) is 0.500. The van der Waals surface area contributed by atoms with Crippen molar-refractivity contribution < 1.29 is 71.4 Å². The van der Waals surface area contributed by atoms with E-state index in [-0.39, 0.29) is 36.5 Å². The van der Waals surface area contributed by atoms with Crippen molar-refractivity contribution in [1.82, 2.24) is 0 Å². The van der Waals surface area contributed by atoms with E-state index in [2.05, 4.69) is 0 Å². The second-order valence-corrected chi connectivity index (χ2v) is 2.42. The topological polar surface area (TPSA) is 141 Å². The summed E-state index contributed by atoms with van der Waals surface area (Å²) < 4.78 is 0. The molecule has 0 aromatic carbocycles. The summed E-state index contributed by atoms with van der Waals surface area (Å²) in [6.45, 7) is 0. The van der Waals surface area contributed by atoms with E-state index in [1.54, 1.807) is 0 Å². The Labute approximate surface area is 108 Å². The molecule has 9 heteroatoms. The fourth-order valence-electron chi connectivity index (χ4n) is 0.684. The first-order valence-corrected chi connectivity index (χ1v) is 3.11. The van der Waals surface area contributed by atoms with Crippen molar-refractivity contribution in [3.05, 3.63) is 0 Å². The van der Waals surface area contributed by atoms with Gasteiger partial charge in [0.15, 0.2) is 0 Å². The van der Waals surface area contributed by atoms with Crippen molar-refractivity contribution in [2.45, 2.75) is 18.4 Å². The minimum Gasteiger partial charge on any atom is -0.550 e. The molecule has 0 fully saturated rings. The molecule has 0 bridgehead atoms. The third kappa shape index (κ3) is 7.44. The molecule has 0 aromatic heterocycles. The van der Waals surface area contributed by atoms with Crippen LogP contribution in [0.3, 0.4) is 0 Å². The van der Waals surface area contributed by atoms with E-state index in [0.29, 0.717) is 0 Å². The average molecular weight is 309 g/mol. The van der Waals surface area contributed by atoms with E-state index in [9.17, 15) is 29.7 Å². The molecule has 1 radical (unpaired) electrons. The van der Waals surface area contributed by atoms with Gasteiger partial charge in [-0.25, -0.2) is 0 Å². The van der Waals surface area contributed by atoms with Crippen LogP contribution in [0.15, 0.2) is 0 Å². The molecule has 0 rings (SSSR count). The second kappa shape index (κ2) is 7.76. The Morgan fingerprint density at radius 3 is 1.40 bits per heavy atom. The summed E-state index contributed by atoms with van der Waals surface area (Å²) in [5.41, 5.74) is -2.97. The van der Waals surface area contributed by atoms with Gasteiger partial charge in [-0.2, -0.15) is 0 Å². The van der Waals surface area contributed by atoms with Gasteiger partial charge < -0.3 is 34.8 Å². The maximum atomic E-state index is 10.1. The van der Waals surface area contributed by atoms with Crippen molar-refractivity contribution in [3.63, 3.8) is 0 Å². The fourth-order valence-corrected chi connectivity index (χ4v) is 0.684. The van der Waals surface area contributed by atoms with E-state index in [1.807, 2.05) is 0 Å². The van der Waals surface area contributed by atoms with Gasteiger partial charge in [0.2, 0.25) is 0 Å². The molecule has 7 nitrogen and oxygen atoms in total. The van der Waals surface area contributed by atoms with Crippen LogP contribution < -0.4 is 15.3 Å². The molecule has 0 aromatic rings. The van der Waals surface area contributed by atoms with Crippen LogP contribution in [0, 0.1) is 0 Å². The molecule has 0 amide bonds. The van der Waals surface area contributed by atoms with Crippen LogP contribution in [0.25, 0.3) is 0 Å². The summed E-state index contributed by atoms with van der Waals surface area (Å²) in [6.07, 6.45) is -2.72. The number of aliphatic hydroxyl groups is 1. The van der Waals surface area contributed by atoms with Crippen molar-refractivity contribution in [2.75, 3.05) is 0 Å². The number of carbonyl (C=O) groups is 3. The molecule has 0 unspecified atom stereocenters. The zero-order valence-electron chi connectivity index (χ0n) is 7.40. The summed E-state index contributed by atoms with van der Waals surface area (Å²) >= 11 is 0. The van der Waals surface area contributed by atoms with Gasteiger partial charge in [-0.05, 0) is 0 Å². The molecule has 1 N–H and O–H groups in total. The zero-order chi connectivity index (χ0) is 10.6. The van der Waals surface area contributed by atoms with E-state index in [1.165, 1.54) is 0 Å². The molecule has 0 aliphatic rings. The molecule has 15 heavy (non-hydrogen) atoms. The van der Waals surface area contributed by atoms with Gasteiger partial charge in [-0.3, -0.25) is 0 Å². The predicted octanol–water partition coefficient (Wildman–Crippen LogP) is -5.26. The maximum absolute atomic E-state index is 10.1. The van der Waals surface area contributed by atoms with Gasteiger partial charge in [-0.15, -0.1) is 0 Å². The first-order valence-electron chi connectivity index (χ1n) is 3.11. The molecule has 0 aliphatic heterocycles. The van der Waals surface area contributed by atoms with E-state index in [4.69, 9.17) is 5.11 Å². The van der Waals surface area contributed by atoms with Gasteiger partial charge in [-0.1, -0.05) is 0 Å². The molecule has 0 saturated heterocycles. The minimum absolute atomic E-state index is 0. The normalized spacial score (nSPS) is 9.40. The number of carboxylic acids is 3. The molecule has 79 valence electrons. The molecular weight excluding hydrogens is 304 g/mol. The summed E-state index contributed by atoms with van der Waals surface area (Å²) in [7, 11) is 0. The molecule has 0 atom stereocenters. The van der Waals surface area contributed by atoms with Crippen molar-refractivity contribution >= 4 is 17.9 Å². The van der Waals surface area contributed by atoms with E-state index < -0.39 is 36.4 Å². The maximum Gasteiger partial charge on any atom is 2.00 e. The third-order valence-electron chi connectivity index (χ3n) is 1.25. The number of hydrogen-bond donors (Lipinski definition) is 1. The third-order valence-corrected chi connectivity index (χ3v) is 1.25. The number of rotatable bonds is 5. The van der Waals surface area contributed by atoms with Gasteiger partial charge in [0.1, 0.15) is 5.60 Å². The van der Waals surface area contributed by atoms with Crippen LogP contribution in [-0.2, 0) is 50.9 Å². The second-order valence-electron chi connectivity index (χ2n) is 2.42. The van der Waals surface area contributed by atoms with Gasteiger partial charge >= 0.3 is 36.5 Å². The van der Waals surface area contributed by atoms with Crippen LogP contribution in [0.4, 0.5) is 0 Å². The molecule has 0 heterocycles. The van der Waals surface area contributed by atoms with Crippen molar-refractivity contribution in [3.8, 4) is 0 Å². The Kier molecular flexibility index (Phi) is 10.3. The summed E-state index contributed by atoms with van der Waals surface area (Å²) in [6, 6.07) is 0. The first-order chi connectivity index (χ1) is 5.78. The van der Waals surface area contributed by atoms with Gasteiger partial charge in [0.25, 0.3) is 0 Å². The monoisotopic (exact) mass is 308 g/mol. The van der Waals surface area contributed by atoms with Crippen LogP contribution in [0.5, 0.6) is 0 Å². The summed E-state index contributed by atoms with van der Waals surface area (Å²) in [5, 5.41) is 38.9. The number of hydrogen-bond acceptors (Lipinski definition) is 7. The predicted molar refractivity (Wildman–Crippen MR) is 29.2 cm³/mol. The first kappa shape index (κ1) is 20.0. The summed E-state index contributed by atoms with van der Waals surface area (Å²) in [4.78, 5) is 30.0. The Morgan fingerprint density at radius 1 is 1.00 bits per heavy atom. The number of aliphatic carboxylic acids is 3. The quantitative estimate of drug-likeness (QED) is 0.500. The minimum atomic E-state index is -2.97. The molecule has 0 saturated carbocycles. The van der Waals surface area contributed by atoms with Crippen LogP contribution in [0.2, 0.25) is 0 Å². The largest absolute Gasteiger partial charge is 2.00 e. The van der Waals surface area contributed by atoms with E-state index in [0.717, 1.165) is 0 Å². The standard InChI is InChI=1S/C6H8O7.Mn.Zn/c7-3(8)1-6(13,5(11)12)2-4(9)10;;/h13H,1-2H2,(H,7,8)(H,9,10)(H,11,12);;/q;2*+2/p-3. The number of carbonyl (C=O) groups excluding carboxylic acids is 3. The van der Waals surface area contributed by atoms with E-state index >= 15 is 0 Å². The Morgan fingerprint density at radius 2 is 1.27 bits per heavy atom. The number of carboxylic acid groups (broad SMARTS) is 3. The Hall–Kier alpha value is -0.487. The van der Waals surface area contributed by atoms with Gasteiger partial charge in [0, 0.05) is 24.8 Å². The smallest absolute Gasteiger partial charge is 0.550 e. The SMILES string of the molecule is O=C([O-])CC(O)(CC(=O)[O-])C(=O)[O-].[Mn+2].[Zn+2]. The Balaban J connectivity index is -0.000000720. The van der Waals surface area contributed by atoms with Crippen LogP contribution in [0.1, 0.15) is 12.8 Å². The molecule has 0 aliphatic carbocycles. The van der Waals surface area contributed by atoms with Crippen molar-refractivity contribution in [1.29, 1.82) is 0 Å². The van der Waals surface area contributed by atoms with Gasteiger partial charge in [0.05, 0.1) is 5.97 Å². The Bertz CT molecular complexity index is 238. The van der Waals surface area contributed by atoms with Crippen LogP contribution >= 0.6 is 0 Å². The zero-order valence-corrected chi connectivity index (χ0v) is 11.5. The molecule has 0 spiro atoms. The average Bonchev–Trinajstić information content (AvgIpc) is 1.82. The van der Waals surface area contributed by atoms with Crippen LogP contribution in [-0.4, -0.2) is 28.6 Å². The summed E-state index contributed by atoms with van der Waals surface area (Å²) in [5.74, 6) is -5.98. The molecular formula is C6H5MnO7Zn+.